The topological polar surface area (TPSA) is 157 Å². The number of anilines is 3. The monoisotopic (exact) mass is 835 g/mol. The molecule has 4 amide bonds. The summed E-state index contributed by atoms with van der Waals surface area (Å²) in [6.45, 7) is 4.73. The predicted octanol–water partition coefficient (Wildman–Crippen LogP) is 10.6. The molecule has 0 saturated carbocycles. The zero-order valence-electron chi connectivity index (χ0n) is 34.1. The van der Waals surface area contributed by atoms with Gasteiger partial charge in [0.2, 0.25) is 0 Å². The number of esters is 1. The van der Waals surface area contributed by atoms with Crippen molar-refractivity contribution >= 4 is 63.2 Å². The van der Waals surface area contributed by atoms with E-state index < -0.39 is 17.8 Å². The number of amides is 4. The standard InChI is InChI=1S/C51H37N3O9/c1-30-31(2)50(59)54(49(30)58)41-21-18-33(19-22-41)47(56)52-39-10-5-12-42(27-39)61-44-14-7-15-45(29-44)62-43-13-6-11-40(28-43)53-48(57)37-8-4-9-38(25-37)51(60)63-46-23-20-35-24-34(32(3)55)16-17-36(35)26-46/h4-29H,1-3H3,(H,52,56)(H,53,57). The smallest absolute Gasteiger partial charge is 0.343 e. The Morgan fingerprint density at radius 2 is 0.952 bits per heavy atom. The number of rotatable bonds is 12. The lowest BCUT2D eigenvalue weighted by Gasteiger charge is -2.15. The minimum Gasteiger partial charge on any atom is -0.457 e. The Kier molecular flexibility index (Phi) is 11.4. The minimum atomic E-state index is -0.634. The number of nitrogens with one attached hydrogen (secondary N) is 2. The molecule has 2 N–H and O–H groups in total. The lowest BCUT2D eigenvalue weighted by Crippen LogP contribution is -2.31. The first-order valence-corrected chi connectivity index (χ1v) is 19.7. The molecule has 12 nitrogen and oxygen atoms in total. The third kappa shape index (κ3) is 9.25. The Labute approximate surface area is 361 Å². The number of nitrogens with zero attached hydrogens (tertiary/aromatic N) is 1. The average Bonchev–Trinajstić information content (AvgIpc) is 3.47. The largest absolute Gasteiger partial charge is 0.457 e. The number of carbonyl (C=O) groups is 6. The molecule has 0 aliphatic carbocycles. The molecule has 8 rings (SSSR count). The Bertz CT molecular complexity index is 3020. The van der Waals surface area contributed by atoms with Crippen LogP contribution in [0.15, 0.2) is 169 Å². The normalized spacial score (nSPS) is 12.3. The summed E-state index contributed by atoms with van der Waals surface area (Å²) >= 11 is 0. The second-order valence-corrected chi connectivity index (χ2v) is 14.6. The number of imide groups is 1. The summed E-state index contributed by atoms with van der Waals surface area (Å²) in [4.78, 5) is 77.4. The molecule has 0 fully saturated rings. The SMILES string of the molecule is CC(=O)c1ccc2cc(OC(=O)c3cccc(C(=O)Nc4cccc(Oc5cccc(Oc6cccc(NC(=O)c7ccc(N8C(=O)C(C)=C(C)C8=O)cc7)c6)c5)c4)c3)ccc2c1. The van der Waals surface area contributed by atoms with Crippen LogP contribution in [0.5, 0.6) is 28.7 Å². The molecule has 1 aliphatic heterocycles. The maximum Gasteiger partial charge on any atom is 0.343 e. The van der Waals surface area contributed by atoms with Crippen LogP contribution in [-0.2, 0) is 9.59 Å². The Morgan fingerprint density at radius 3 is 1.56 bits per heavy atom. The highest BCUT2D eigenvalue weighted by Crippen LogP contribution is 2.32. The highest BCUT2D eigenvalue weighted by Gasteiger charge is 2.34. The maximum atomic E-state index is 13.3. The summed E-state index contributed by atoms with van der Waals surface area (Å²) in [7, 11) is 0. The summed E-state index contributed by atoms with van der Waals surface area (Å²) in [5.74, 6) is -0.142. The predicted molar refractivity (Wildman–Crippen MR) is 238 cm³/mol. The molecule has 0 radical (unpaired) electrons. The van der Waals surface area contributed by atoms with Gasteiger partial charge in [-0.2, -0.15) is 0 Å². The summed E-state index contributed by atoms with van der Waals surface area (Å²) in [6.07, 6.45) is 0. The van der Waals surface area contributed by atoms with Crippen molar-refractivity contribution in [1.29, 1.82) is 0 Å². The molecule has 63 heavy (non-hydrogen) atoms. The van der Waals surface area contributed by atoms with Crippen LogP contribution in [0.4, 0.5) is 17.1 Å². The van der Waals surface area contributed by atoms with E-state index >= 15 is 0 Å². The number of ketones is 1. The molecule has 0 bridgehead atoms. The molecule has 0 aromatic heterocycles. The van der Waals surface area contributed by atoms with Gasteiger partial charge in [0, 0.05) is 57.4 Å². The molecule has 310 valence electrons. The molecule has 0 unspecified atom stereocenters. The zero-order chi connectivity index (χ0) is 44.2. The number of benzene rings is 7. The van der Waals surface area contributed by atoms with Crippen LogP contribution in [0.3, 0.4) is 0 Å². The van der Waals surface area contributed by atoms with Crippen LogP contribution < -0.4 is 29.7 Å². The third-order valence-corrected chi connectivity index (χ3v) is 10.2. The van der Waals surface area contributed by atoms with E-state index in [0.29, 0.717) is 68.1 Å². The van der Waals surface area contributed by atoms with E-state index in [0.717, 1.165) is 15.7 Å². The molecule has 1 aliphatic rings. The van der Waals surface area contributed by atoms with Crippen molar-refractivity contribution < 1.29 is 43.0 Å². The first-order valence-electron chi connectivity index (χ1n) is 19.7. The third-order valence-electron chi connectivity index (χ3n) is 10.2. The molecule has 0 spiro atoms. The van der Waals surface area contributed by atoms with Crippen LogP contribution in [-0.4, -0.2) is 35.4 Å². The summed E-state index contributed by atoms with van der Waals surface area (Å²) in [5.41, 5.74) is 3.46. The highest BCUT2D eigenvalue weighted by atomic mass is 16.5. The van der Waals surface area contributed by atoms with Gasteiger partial charge in [-0.05, 0) is 129 Å². The molecular formula is C51H37N3O9. The Hall–Kier alpha value is -8.64. The van der Waals surface area contributed by atoms with Crippen molar-refractivity contribution in [2.75, 3.05) is 15.5 Å². The second-order valence-electron chi connectivity index (χ2n) is 14.6. The van der Waals surface area contributed by atoms with Crippen molar-refractivity contribution in [2.24, 2.45) is 0 Å². The van der Waals surface area contributed by atoms with Gasteiger partial charge in [-0.15, -0.1) is 0 Å². The number of hydrogen-bond acceptors (Lipinski definition) is 9. The van der Waals surface area contributed by atoms with Gasteiger partial charge in [-0.3, -0.25) is 24.0 Å². The molecule has 7 aromatic carbocycles. The fraction of sp³-hybridized carbons (Fsp3) is 0.0588. The molecule has 12 heteroatoms. The van der Waals surface area contributed by atoms with Crippen LogP contribution in [0.25, 0.3) is 10.8 Å². The van der Waals surface area contributed by atoms with Gasteiger partial charge in [0.05, 0.1) is 11.3 Å². The van der Waals surface area contributed by atoms with Crippen molar-refractivity contribution in [2.45, 2.75) is 20.8 Å². The fourth-order valence-corrected chi connectivity index (χ4v) is 6.76. The van der Waals surface area contributed by atoms with Crippen LogP contribution in [0.1, 0.15) is 62.2 Å². The van der Waals surface area contributed by atoms with Crippen molar-refractivity contribution in [3.8, 4) is 28.7 Å². The van der Waals surface area contributed by atoms with E-state index in [1.165, 1.54) is 13.0 Å². The Morgan fingerprint density at radius 1 is 0.460 bits per heavy atom. The molecule has 7 aromatic rings. The van der Waals surface area contributed by atoms with Crippen molar-refractivity contribution in [3.63, 3.8) is 0 Å². The molecule has 1 heterocycles. The van der Waals surface area contributed by atoms with Gasteiger partial charge >= 0.3 is 5.97 Å². The summed E-state index contributed by atoms with van der Waals surface area (Å²) < 4.78 is 17.8. The van der Waals surface area contributed by atoms with Crippen molar-refractivity contribution in [1.82, 2.24) is 0 Å². The lowest BCUT2D eigenvalue weighted by atomic mass is 10.0. The second kappa shape index (κ2) is 17.5. The van der Waals surface area contributed by atoms with E-state index in [1.807, 2.05) is 0 Å². The van der Waals surface area contributed by atoms with E-state index in [-0.39, 0.29) is 28.7 Å². The van der Waals surface area contributed by atoms with E-state index in [4.69, 9.17) is 14.2 Å². The van der Waals surface area contributed by atoms with E-state index in [9.17, 15) is 28.8 Å². The number of carbonyl (C=O) groups excluding carboxylic acids is 6. The van der Waals surface area contributed by atoms with Gasteiger partial charge in [-0.1, -0.05) is 42.5 Å². The van der Waals surface area contributed by atoms with Crippen LogP contribution in [0, 0.1) is 0 Å². The van der Waals surface area contributed by atoms with Gasteiger partial charge < -0.3 is 24.8 Å². The van der Waals surface area contributed by atoms with E-state index in [2.05, 4.69) is 10.6 Å². The van der Waals surface area contributed by atoms with Crippen molar-refractivity contribution in [3.05, 3.63) is 191 Å². The molecular weight excluding hydrogens is 799 g/mol. The maximum absolute atomic E-state index is 13.3. The first kappa shape index (κ1) is 41.1. The summed E-state index contributed by atoms with van der Waals surface area (Å²) in [5, 5.41) is 7.34. The number of ether oxygens (including phenoxy) is 3. The number of hydrogen-bond donors (Lipinski definition) is 2. The summed E-state index contributed by atoms with van der Waals surface area (Å²) in [6, 6.07) is 43.5. The van der Waals surface area contributed by atoms with E-state index in [1.54, 1.807) is 166 Å². The zero-order valence-corrected chi connectivity index (χ0v) is 34.1. The highest BCUT2D eigenvalue weighted by molar-refractivity contribution is 6.32. The molecule has 0 saturated heterocycles. The average molecular weight is 836 g/mol. The Balaban J connectivity index is 0.865. The number of Topliss-reactive ketones (excluding diaryl/α,β-unsaturated/α-hetero) is 1. The lowest BCUT2D eigenvalue weighted by molar-refractivity contribution is -0.120. The first-order chi connectivity index (χ1) is 30.4. The van der Waals surface area contributed by atoms with Gasteiger partial charge in [0.25, 0.3) is 23.6 Å². The van der Waals surface area contributed by atoms with Gasteiger partial charge in [-0.25, -0.2) is 9.69 Å². The van der Waals surface area contributed by atoms with Gasteiger partial charge in [0.15, 0.2) is 5.78 Å². The quantitative estimate of drug-likeness (QED) is 0.0529. The fourth-order valence-electron chi connectivity index (χ4n) is 6.76. The van der Waals surface area contributed by atoms with Crippen LogP contribution in [0.2, 0.25) is 0 Å². The minimum absolute atomic E-state index is 0.0392. The van der Waals surface area contributed by atoms with Crippen LogP contribution >= 0.6 is 0 Å². The van der Waals surface area contributed by atoms with Gasteiger partial charge in [0.1, 0.15) is 28.7 Å². The molecule has 0 atom stereocenters. The number of fused-ring (bicyclic) bond motifs is 1.